The van der Waals surface area contributed by atoms with E-state index in [1.165, 1.54) is 11.8 Å². The molecule has 0 amide bonds. The lowest BCUT2D eigenvalue weighted by Crippen LogP contribution is -1.97. The van der Waals surface area contributed by atoms with Crippen molar-refractivity contribution >= 4 is 44.2 Å². The molecular weight excluding hydrogens is 300 g/mol. The Kier molecular flexibility index (Phi) is 3.02. The second-order valence-corrected chi connectivity index (χ2v) is 6.68. The molecule has 4 rings (SSSR count). The first-order valence-electron chi connectivity index (χ1n) is 6.45. The predicted octanol–water partition coefficient (Wildman–Crippen LogP) is 4.54. The van der Waals surface area contributed by atoms with E-state index in [4.69, 9.17) is 0 Å². The second kappa shape index (κ2) is 5.02. The molecule has 3 nitrogen and oxygen atoms in total. The number of carbonyl (C=O) groups is 1. The Hall–Kier alpha value is -2.11. The van der Waals surface area contributed by atoms with Gasteiger partial charge in [0, 0.05) is 16.7 Å². The number of para-hydroxylation sites is 1. The average Bonchev–Trinajstić information content (AvgIpc) is 3.07. The number of allylic oxidation sites excluding steroid dienone is 1. The Morgan fingerprint density at radius 3 is 2.71 bits per heavy atom. The lowest BCUT2D eigenvalue weighted by molar-refractivity contribution is 0.104. The van der Waals surface area contributed by atoms with Crippen molar-refractivity contribution in [3.05, 3.63) is 65.2 Å². The molecule has 0 bridgehead atoms. The minimum Gasteiger partial charge on any atom is -0.337 e. The van der Waals surface area contributed by atoms with Gasteiger partial charge in [0.15, 0.2) is 5.13 Å². The van der Waals surface area contributed by atoms with Gasteiger partial charge in [-0.05, 0) is 24.3 Å². The zero-order chi connectivity index (χ0) is 14.2. The highest BCUT2D eigenvalue weighted by molar-refractivity contribution is 8.04. The van der Waals surface area contributed by atoms with Crippen LogP contribution < -0.4 is 5.32 Å². The van der Waals surface area contributed by atoms with Gasteiger partial charge in [0.05, 0.1) is 15.1 Å². The van der Waals surface area contributed by atoms with Gasteiger partial charge >= 0.3 is 0 Å². The zero-order valence-electron chi connectivity index (χ0n) is 10.9. The van der Waals surface area contributed by atoms with Crippen molar-refractivity contribution in [1.82, 2.24) is 4.98 Å². The molecule has 102 valence electrons. The number of benzene rings is 2. The van der Waals surface area contributed by atoms with Crippen molar-refractivity contribution in [2.75, 3.05) is 5.32 Å². The lowest BCUT2D eigenvalue weighted by atomic mass is 10.1. The average molecular weight is 310 g/mol. The molecule has 21 heavy (non-hydrogen) atoms. The number of nitrogens with one attached hydrogen (secondary N) is 1. The molecule has 0 atom stereocenters. The molecule has 0 unspecified atom stereocenters. The van der Waals surface area contributed by atoms with E-state index in [0.717, 1.165) is 25.8 Å². The minimum absolute atomic E-state index is 0.0733. The Morgan fingerprint density at radius 1 is 1.05 bits per heavy atom. The molecule has 0 saturated heterocycles. The molecule has 2 aromatic carbocycles. The number of anilines is 1. The molecule has 1 aliphatic rings. The summed E-state index contributed by atoms with van der Waals surface area (Å²) in [7, 11) is 0. The van der Waals surface area contributed by atoms with Crippen molar-refractivity contribution in [3.8, 4) is 0 Å². The molecule has 0 fully saturated rings. The molecule has 1 aromatic heterocycles. The topological polar surface area (TPSA) is 42.0 Å². The summed E-state index contributed by atoms with van der Waals surface area (Å²) in [5, 5.41) is 3.94. The summed E-state index contributed by atoms with van der Waals surface area (Å²) in [6.45, 7) is 0. The van der Waals surface area contributed by atoms with Crippen LogP contribution in [0, 0.1) is 0 Å². The first-order chi connectivity index (χ1) is 10.3. The summed E-state index contributed by atoms with van der Waals surface area (Å²) in [6, 6.07) is 15.7. The summed E-state index contributed by atoms with van der Waals surface area (Å²) in [5.74, 6) is 0.0733. The van der Waals surface area contributed by atoms with Gasteiger partial charge in [0.25, 0.3) is 0 Å². The SMILES string of the molecule is O=C1/C(=C/Nc2nc3ccccc3s2)Sc2ccccc21. The fourth-order valence-corrected chi connectivity index (χ4v) is 4.01. The minimum atomic E-state index is 0.0733. The number of hydrogen-bond donors (Lipinski definition) is 1. The third kappa shape index (κ3) is 2.24. The fraction of sp³-hybridized carbons (Fsp3) is 0. The largest absolute Gasteiger partial charge is 0.337 e. The number of thiazole rings is 1. The van der Waals surface area contributed by atoms with Crippen LogP contribution in [0.25, 0.3) is 10.2 Å². The maximum atomic E-state index is 12.2. The lowest BCUT2D eigenvalue weighted by Gasteiger charge is -1.95. The van der Waals surface area contributed by atoms with E-state index in [9.17, 15) is 4.79 Å². The quantitative estimate of drug-likeness (QED) is 0.706. The predicted molar refractivity (Wildman–Crippen MR) is 88.0 cm³/mol. The van der Waals surface area contributed by atoms with E-state index >= 15 is 0 Å². The molecule has 0 saturated carbocycles. The number of ketones is 1. The van der Waals surface area contributed by atoms with Crippen LogP contribution in [0.5, 0.6) is 0 Å². The molecule has 1 aliphatic heterocycles. The fourth-order valence-electron chi connectivity index (χ4n) is 2.20. The maximum Gasteiger partial charge on any atom is 0.202 e. The number of rotatable bonds is 2. The first kappa shape index (κ1) is 12.6. The highest BCUT2D eigenvalue weighted by Crippen LogP contribution is 2.39. The van der Waals surface area contributed by atoms with Crippen LogP contribution in [-0.4, -0.2) is 10.8 Å². The van der Waals surface area contributed by atoms with Gasteiger partial charge in [-0.3, -0.25) is 4.79 Å². The summed E-state index contributed by atoms with van der Waals surface area (Å²) in [6.07, 6.45) is 1.75. The number of Topliss-reactive ketones (excluding diaryl/α,β-unsaturated/α-hetero) is 1. The van der Waals surface area contributed by atoms with Gasteiger partial charge in [-0.2, -0.15) is 0 Å². The zero-order valence-corrected chi connectivity index (χ0v) is 12.5. The molecule has 0 spiro atoms. The van der Waals surface area contributed by atoms with Gasteiger partial charge < -0.3 is 5.32 Å². The van der Waals surface area contributed by atoms with Crippen LogP contribution >= 0.6 is 23.1 Å². The summed E-state index contributed by atoms with van der Waals surface area (Å²) < 4.78 is 1.13. The molecule has 1 N–H and O–H groups in total. The first-order valence-corrected chi connectivity index (χ1v) is 8.08. The Morgan fingerprint density at radius 2 is 1.86 bits per heavy atom. The van der Waals surface area contributed by atoms with E-state index in [2.05, 4.69) is 10.3 Å². The number of carbonyl (C=O) groups excluding carboxylic acids is 1. The van der Waals surface area contributed by atoms with Crippen LogP contribution in [0.3, 0.4) is 0 Å². The second-order valence-electron chi connectivity index (χ2n) is 4.57. The molecular formula is C16H10N2OS2. The Balaban J connectivity index is 1.61. The van der Waals surface area contributed by atoms with E-state index < -0.39 is 0 Å². The van der Waals surface area contributed by atoms with Crippen LogP contribution in [0.2, 0.25) is 0 Å². The van der Waals surface area contributed by atoms with Crippen molar-refractivity contribution in [3.63, 3.8) is 0 Å². The van der Waals surface area contributed by atoms with E-state index in [0.29, 0.717) is 4.91 Å². The number of nitrogens with zero attached hydrogens (tertiary/aromatic N) is 1. The summed E-state index contributed by atoms with van der Waals surface area (Å²) >= 11 is 3.07. The van der Waals surface area contributed by atoms with Gasteiger partial charge in [-0.25, -0.2) is 4.98 Å². The summed E-state index contributed by atoms with van der Waals surface area (Å²) in [5.41, 5.74) is 1.75. The standard InChI is InChI=1S/C16H10N2OS2/c19-15-10-5-1-3-7-12(10)20-14(15)9-17-16-18-11-6-2-4-8-13(11)21-16/h1-9H,(H,17,18)/b14-9-. The van der Waals surface area contributed by atoms with Gasteiger partial charge in [0.2, 0.25) is 5.78 Å². The van der Waals surface area contributed by atoms with Crippen LogP contribution in [-0.2, 0) is 0 Å². The normalized spacial score (nSPS) is 15.6. The molecule has 3 aromatic rings. The monoisotopic (exact) mass is 310 g/mol. The van der Waals surface area contributed by atoms with E-state index in [1.54, 1.807) is 17.5 Å². The van der Waals surface area contributed by atoms with Crippen LogP contribution in [0.1, 0.15) is 10.4 Å². The Labute approximate surface area is 129 Å². The number of thioether (sulfide) groups is 1. The smallest absolute Gasteiger partial charge is 0.202 e. The maximum absolute atomic E-state index is 12.2. The van der Waals surface area contributed by atoms with Crippen LogP contribution in [0.4, 0.5) is 5.13 Å². The van der Waals surface area contributed by atoms with Crippen LogP contribution in [0.15, 0.2) is 64.5 Å². The van der Waals surface area contributed by atoms with Crippen molar-refractivity contribution in [2.24, 2.45) is 0 Å². The van der Waals surface area contributed by atoms with E-state index in [-0.39, 0.29) is 5.78 Å². The number of fused-ring (bicyclic) bond motifs is 2. The molecule has 2 heterocycles. The highest BCUT2D eigenvalue weighted by Gasteiger charge is 2.25. The molecule has 0 aliphatic carbocycles. The van der Waals surface area contributed by atoms with Crippen molar-refractivity contribution < 1.29 is 4.79 Å². The summed E-state index contributed by atoms with van der Waals surface area (Å²) in [4.78, 5) is 18.5. The van der Waals surface area contributed by atoms with Gasteiger partial charge in [0.1, 0.15) is 0 Å². The van der Waals surface area contributed by atoms with Gasteiger partial charge in [-0.1, -0.05) is 47.4 Å². The number of aromatic nitrogens is 1. The molecule has 5 heteroatoms. The highest BCUT2D eigenvalue weighted by atomic mass is 32.2. The van der Waals surface area contributed by atoms with Crippen molar-refractivity contribution in [1.29, 1.82) is 0 Å². The van der Waals surface area contributed by atoms with E-state index in [1.807, 2.05) is 48.5 Å². The molecule has 0 radical (unpaired) electrons. The Bertz CT molecular complexity index is 850. The van der Waals surface area contributed by atoms with Gasteiger partial charge in [-0.15, -0.1) is 0 Å². The van der Waals surface area contributed by atoms with Crippen molar-refractivity contribution in [2.45, 2.75) is 4.90 Å². The third-order valence-corrected chi connectivity index (χ3v) is 5.26. The third-order valence-electron chi connectivity index (χ3n) is 3.20. The number of hydrogen-bond acceptors (Lipinski definition) is 5.